The maximum Gasteiger partial charge on any atom is 0.0681 e. The summed E-state index contributed by atoms with van der Waals surface area (Å²) in [6.07, 6.45) is 1.11. The highest BCUT2D eigenvalue weighted by molar-refractivity contribution is 7.99. The molecule has 0 fully saturated rings. The van der Waals surface area contributed by atoms with Crippen molar-refractivity contribution < 1.29 is 5.11 Å². The number of benzene rings is 2. The Labute approximate surface area is 134 Å². The van der Waals surface area contributed by atoms with Crippen molar-refractivity contribution in [1.82, 2.24) is 5.32 Å². The number of hydrogen-bond donors (Lipinski definition) is 2. The predicted molar refractivity (Wildman–Crippen MR) is 88.7 cm³/mol. The van der Waals surface area contributed by atoms with E-state index in [9.17, 15) is 5.11 Å². The maximum absolute atomic E-state index is 9.20. The Morgan fingerprint density at radius 1 is 1.19 bits per heavy atom. The molecular weight excluding hydrogens is 302 g/mol. The van der Waals surface area contributed by atoms with Gasteiger partial charge in [0.1, 0.15) is 0 Å². The second kappa shape index (κ2) is 6.84. The molecule has 2 aromatic rings. The summed E-state index contributed by atoms with van der Waals surface area (Å²) in [6.45, 7) is 0.890. The van der Waals surface area contributed by atoms with E-state index in [4.69, 9.17) is 11.6 Å². The van der Waals surface area contributed by atoms with Crippen LogP contribution in [-0.4, -0.2) is 10.9 Å². The van der Waals surface area contributed by atoms with Crippen molar-refractivity contribution in [1.29, 1.82) is 0 Å². The summed E-state index contributed by atoms with van der Waals surface area (Å²) < 4.78 is 0. The molecule has 1 atom stereocenters. The van der Waals surface area contributed by atoms with E-state index in [1.807, 2.05) is 36.0 Å². The summed E-state index contributed by atoms with van der Waals surface area (Å²) in [5.74, 6) is 1.13. The van der Waals surface area contributed by atoms with Crippen molar-refractivity contribution in [3.8, 4) is 0 Å². The zero-order valence-electron chi connectivity index (χ0n) is 11.7. The summed E-state index contributed by atoms with van der Waals surface area (Å²) >= 11 is 8.03. The fourth-order valence-corrected chi connectivity index (χ4v) is 3.94. The van der Waals surface area contributed by atoms with Gasteiger partial charge >= 0.3 is 0 Å². The maximum atomic E-state index is 9.20. The van der Waals surface area contributed by atoms with E-state index >= 15 is 0 Å². The summed E-state index contributed by atoms with van der Waals surface area (Å²) in [5, 5.41) is 13.6. The van der Waals surface area contributed by atoms with Crippen molar-refractivity contribution in [3.63, 3.8) is 0 Å². The topological polar surface area (TPSA) is 32.3 Å². The third-order valence-corrected chi connectivity index (χ3v) is 5.10. The van der Waals surface area contributed by atoms with Gasteiger partial charge in [-0.3, -0.25) is 0 Å². The molecule has 4 heteroatoms. The highest BCUT2D eigenvalue weighted by Crippen LogP contribution is 2.37. The lowest BCUT2D eigenvalue weighted by molar-refractivity contribution is 0.281. The van der Waals surface area contributed by atoms with Gasteiger partial charge in [0.05, 0.1) is 6.61 Å². The summed E-state index contributed by atoms with van der Waals surface area (Å²) in [5.41, 5.74) is 3.46. The first-order chi connectivity index (χ1) is 10.3. The molecule has 1 heterocycles. The summed E-state index contributed by atoms with van der Waals surface area (Å²) in [4.78, 5) is 1.33. The van der Waals surface area contributed by atoms with Crippen molar-refractivity contribution in [2.45, 2.75) is 30.5 Å². The summed E-state index contributed by atoms with van der Waals surface area (Å²) in [7, 11) is 0. The first-order valence-corrected chi connectivity index (χ1v) is 8.47. The lowest BCUT2D eigenvalue weighted by Crippen LogP contribution is -2.24. The SMILES string of the molecule is OCc1cccc(CNC2CCSc3ccc(Cl)cc32)c1. The van der Waals surface area contributed by atoms with E-state index in [1.54, 1.807) is 0 Å². The quantitative estimate of drug-likeness (QED) is 0.887. The average molecular weight is 320 g/mol. The van der Waals surface area contributed by atoms with Gasteiger partial charge in [-0.15, -0.1) is 11.8 Å². The number of nitrogens with one attached hydrogen (secondary N) is 1. The monoisotopic (exact) mass is 319 g/mol. The highest BCUT2D eigenvalue weighted by Gasteiger charge is 2.20. The Morgan fingerprint density at radius 3 is 2.90 bits per heavy atom. The highest BCUT2D eigenvalue weighted by atomic mass is 35.5. The van der Waals surface area contributed by atoms with Crippen molar-refractivity contribution in [3.05, 3.63) is 64.2 Å². The standard InChI is InChI=1S/C17H18ClNOS/c18-14-4-5-17-15(9-14)16(6-7-21-17)19-10-12-2-1-3-13(8-12)11-20/h1-5,8-9,16,19-20H,6-7,10-11H2. The van der Waals surface area contributed by atoms with Crippen LogP contribution in [-0.2, 0) is 13.2 Å². The van der Waals surface area contributed by atoms with Gasteiger partial charge in [-0.2, -0.15) is 0 Å². The molecule has 21 heavy (non-hydrogen) atoms. The average Bonchev–Trinajstić information content (AvgIpc) is 2.53. The molecule has 110 valence electrons. The largest absolute Gasteiger partial charge is 0.392 e. The number of thioether (sulfide) groups is 1. The second-order valence-corrected chi connectivity index (χ2v) is 6.80. The minimum absolute atomic E-state index is 0.0896. The number of rotatable bonds is 4. The minimum atomic E-state index is 0.0896. The van der Waals surface area contributed by atoms with E-state index < -0.39 is 0 Å². The predicted octanol–water partition coefficient (Wildman–Crippen LogP) is 4.16. The van der Waals surface area contributed by atoms with Crippen LogP contribution in [0.15, 0.2) is 47.4 Å². The van der Waals surface area contributed by atoms with Crippen LogP contribution in [0.5, 0.6) is 0 Å². The fraction of sp³-hybridized carbons (Fsp3) is 0.294. The number of aliphatic hydroxyl groups excluding tert-OH is 1. The van der Waals surface area contributed by atoms with Gasteiger partial charge in [-0.1, -0.05) is 35.9 Å². The molecular formula is C17H18ClNOS. The van der Waals surface area contributed by atoms with Crippen LogP contribution < -0.4 is 5.32 Å². The van der Waals surface area contributed by atoms with Gasteiger partial charge in [0.25, 0.3) is 0 Å². The Bertz CT molecular complexity index is 632. The van der Waals surface area contributed by atoms with E-state index in [1.165, 1.54) is 16.0 Å². The lowest BCUT2D eigenvalue weighted by Gasteiger charge is -2.26. The van der Waals surface area contributed by atoms with Gasteiger partial charge in [0, 0.05) is 22.5 Å². The van der Waals surface area contributed by atoms with Crippen molar-refractivity contribution >= 4 is 23.4 Å². The summed E-state index contributed by atoms with van der Waals surface area (Å²) in [6, 6.07) is 14.6. The van der Waals surface area contributed by atoms with Gasteiger partial charge in [0.15, 0.2) is 0 Å². The molecule has 0 radical (unpaired) electrons. The molecule has 1 aliphatic rings. The first kappa shape index (κ1) is 14.9. The van der Waals surface area contributed by atoms with Gasteiger partial charge in [0.2, 0.25) is 0 Å². The zero-order chi connectivity index (χ0) is 14.7. The van der Waals surface area contributed by atoms with E-state index in [-0.39, 0.29) is 6.61 Å². The van der Waals surface area contributed by atoms with E-state index in [2.05, 4.69) is 23.5 Å². The fourth-order valence-electron chi connectivity index (χ4n) is 2.66. The molecule has 0 spiro atoms. The Morgan fingerprint density at radius 2 is 2.05 bits per heavy atom. The number of aliphatic hydroxyl groups is 1. The molecule has 3 rings (SSSR count). The number of halogens is 1. The molecule has 0 aromatic heterocycles. The lowest BCUT2D eigenvalue weighted by atomic mass is 10.0. The van der Waals surface area contributed by atoms with E-state index in [0.717, 1.165) is 29.3 Å². The molecule has 1 unspecified atom stereocenters. The molecule has 0 amide bonds. The minimum Gasteiger partial charge on any atom is -0.392 e. The molecule has 1 aliphatic heterocycles. The van der Waals surface area contributed by atoms with E-state index in [0.29, 0.717) is 6.04 Å². The Hall–Kier alpha value is -1.00. The van der Waals surface area contributed by atoms with Crippen molar-refractivity contribution in [2.75, 3.05) is 5.75 Å². The Balaban J connectivity index is 1.73. The molecule has 0 aliphatic carbocycles. The first-order valence-electron chi connectivity index (χ1n) is 7.10. The molecule has 2 nitrogen and oxygen atoms in total. The van der Waals surface area contributed by atoms with Crippen LogP contribution in [0.1, 0.15) is 29.2 Å². The molecule has 0 saturated heterocycles. The third kappa shape index (κ3) is 3.61. The molecule has 2 N–H and O–H groups in total. The van der Waals surface area contributed by atoms with Crippen LogP contribution in [0.2, 0.25) is 5.02 Å². The zero-order valence-corrected chi connectivity index (χ0v) is 13.3. The second-order valence-electron chi connectivity index (χ2n) is 5.23. The smallest absolute Gasteiger partial charge is 0.0681 e. The number of hydrogen-bond acceptors (Lipinski definition) is 3. The van der Waals surface area contributed by atoms with Gasteiger partial charge in [-0.05, 0) is 47.1 Å². The number of fused-ring (bicyclic) bond motifs is 1. The van der Waals surface area contributed by atoms with Crippen molar-refractivity contribution in [2.24, 2.45) is 0 Å². The normalized spacial score (nSPS) is 17.5. The van der Waals surface area contributed by atoms with Crippen LogP contribution in [0.25, 0.3) is 0 Å². The van der Waals surface area contributed by atoms with Gasteiger partial charge in [-0.25, -0.2) is 0 Å². The van der Waals surface area contributed by atoms with Crippen LogP contribution >= 0.6 is 23.4 Å². The van der Waals surface area contributed by atoms with Crippen LogP contribution in [0.4, 0.5) is 0 Å². The molecule has 0 saturated carbocycles. The van der Waals surface area contributed by atoms with Crippen LogP contribution in [0, 0.1) is 0 Å². The Kier molecular flexibility index (Phi) is 4.86. The molecule has 0 bridgehead atoms. The third-order valence-electron chi connectivity index (χ3n) is 3.74. The van der Waals surface area contributed by atoms with Gasteiger partial charge < -0.3 is 10.4 Å². The molecule has 2 aromatic carbocycles. The van der Waals surface area contributed by atoms with Crippen LogP contribution in [0.3, 0.4) is 0 Å².